The molecule has 1 amide bonds. The van der Waals surface area contributed by atoms with Gasteiger partial charge >= 0.3 is 6.09 Å². The summed E-state index contributed by atoms with van der Waals surface area (Å²) in [5.41, 5.74) is 5.36. The van der Waals surface area contributed by atoms with Gasteiger partial charge in [0.1, 0.15) is 28.5 Å². The Morgan fingerprint density at radius 3 is 1.71 bits per heavy atom. The van der Waals surface area contributed by atoms with E-state index < -0.39 is 5.60 Å². The topological polar surface area (TPSA) is 214 Å². The lowest BCUT2D eigenvalue weighted by molar-refractivity contribution is 0.0240. The summed E-state index contributed by atoms with van der Waals surface area (Å²) in [6.45, 7) is 12.3. The minimum absolute atomic E-state index is 0.112. The molecule has 72 heavy (non-hydrogen) atoms. The maximum Gasteiger partial charge on any atom is 0.410 e. The molecule has 8 aromatic heterocycles. The van der Waals surface area contributed by atoms with E-state index in [1.807, 2.05) is 76.0 Å². The van der Waals surface area contributed by atoms with Crippen LogP contribution in [0.1, 0.15) is 84.2 Å². The average Bonchev–Trinajstić information content (AvgIpc) is 4.23. The zero-order valence-corrected chi connectivity index (χ0v) is 41.4. The molecule has 374 valence electrons. The average molecular weight is 975 g/mol. The Bertz CT molecular complexity index is 3270. The van der Waals surface area contributed by atoms with E-state index in [0.29, 0.717) is 54.6 Å². The summed E-state index contributed by atoms with van der Waals surface area (Å²) in [6, 6.07) is 12.4. The van der Waals surface area contributed by atoms with E-state index in [-0.39, 0.29) is 11.7 Å². The fourth-order valence-electron chi connectivity index (χ4n) is 10.7. The van der Waals surface area contributed by atoms with Gasteiger partial charge in [-0.3, -0.25) is 4.79 Å². The van der Waals surface area contributed by atoms with Crippen LogP contribution >= 0.6 is 0 Å². The number of carbonyl (C=O) groups is 1. The fraction of sp³-hybridized carbons (Fsp3) is 0.442. The predicted octanol–water partition coefficient (Wildman–Crippen LogP) is 8.24. The van der Waals surface area contributed by atoms with E-state index in [1.165, 1.54) is 25.7 Å². The Morgan fingerprint density at radius 2 is 1.18 bits per heavy atom. The van der Waals surface area contributed by atoms with Gasteiger partial charge in [0, 0.05) is 117 Å². The molecule has 0 bridgehead atoms. The number of pyridine rings is 4. The van der Waals surface area contributed by atoms with Gasteiger partial charge in [-0.15, -0.1) is 0 Å². The molecule has 12 rings (SSSR count). The smallest absolute Gasteiger partial charge is 0.410 e. The van der Waals surface area contributed by atoms with E-state index in [9.17, 15) is 9.59 Å². The number of hydrogen-bond donors (Lipinski definition) is 4. The molecule has 20 heteroatoms. The lowest BCUT2D eigenvalue weighted by Gasteiger charge is -2.36. The van der Waals surface area contributed by atoms with Crippen molar-refractivity contribution in [1.82, 2.24) is 59.2 Å². The first-order valence-electron chi connectivity index (χ1n) is 25.3. The Kier molecular flexibility index (Phi) is 12.9. The third kappa shape index (κ3) is 9.74. The number of nitrogens with zero attached hydrogens (tertiary/aromatic N) is 12. The molecule has 2 aliphatic heterocycles. The Labute approximate surface area is 416 Å². The molecule has 20 nitrogen and oxygen atoms in total. The van der Waals surface area contributed by atoms with Crippen molar-refractivity contribution in [2.75, 3.05) is 79.9 Å². The van der Waals surface area contributed by atoms with E-state index in [0.717, 1.165) is 120 Å². The molecule has 4 N–H and O–H groups in total. The second-order valence-corrected chi connectivity index (χ2v) is 20.1. The zero-order valence-electron chi connectivity index (χ0n) is 41.4. The molecule has 4 aliphatic rings. The van der Waals surface area contributed by atoms with Gasteiger partial charge in [0.05, 0.1) is 48.1 Å². The number of piperazine rings is 2. The van der Waals surface area contributed by atoms with Crippen LogP contribution in [0.4, 0.5) is 39.7 Å². The summed E-state index contributed by atoms with van der Waals surface area (Å²) in [6.07, 6.45) is 20.2. The highest BCUT2D eigenvalue weighted by Gasteiger charge is 2.28. The molecular weight excluding hydrogens is 913 g/mol. The van der Waals surface area contributed by atoms with Crippen molar-refractivity contribution in [3.05, 3.63) is 83.9 Å². The highest BCUT2D eigenvalue weighted by molar-refractivity contribution is 6.07. The number of anilines is 6. The van der Waals surface area contributed by atoms with E-state index in [2.05, 4.69) is 70.9 Å². The number of methoxy groups -OCH3 is 1. The Hall–Kier alpha value is -7.61. The third-order valence-electron chi connectivity index (χ3n) is 14.2. The van der Waals surface area contributed by atoms with Crippen LogP contribution in [0.15, 0.2) is 78.4 Å². The predicted molar refractivity (Wildman–Crippen MR) is 280 cm³/mol. The van der Waals surface area contributed by atoms with Crippen molar-refractivity contribution in [1.29, 1.82) is 0 Å². The maximum absolute atomic E-state index is 12.4. The minimum Gasteiger partial charge on any atom is -0.481 e. The van der Waals surface area contributed by atoms with Gasteiger partial charge in [0.2, 0.25) is 23.3 Å². The zero-order chi connectivity index (χ0) is 49.3. The van der Waals surface area contributed by atoms with Crippen molar-refractivity contribution in [3.8, 4) is 5.88 Å². The van der Waals surface area contributed by atoms with Crippen LogP contribution in [0.5, 0.6) is 5.88 Å². The Morgan fingerprint density at radius 1 is 0.639 bits per heavy atom. The summed E-state index contributed by atoms with van der Waals surface area (Å²) in [5.74, 6) is 2.97. The maximum atomic E-state index is 12.4. The highest BCUT2D eigenvalue weighted by atomic mass is 16.6. The summed E-state index contributed by atoms with van der Waals surface area (Å²) in [7, 11) is 1.63. The van der Waals surface area contributed by atoms with E-state index >= 15 is 0 Å². The normalized spacial score (nSPS) is 17.0. The minimum atomic E-state index is -0.493. The number of aromatic nitrogens is 10. The van der Waals surface area contributed by atoms with Crippen LogP contribution in [-0.2, 0) is 4.74 Å². The fourth-order valence-corrected chi connectivity index (χ4v) is 10.7. The van der Waals surface area contributed by atoms with E-state index in [1.54, 1.807) is 24.3 Å². The van der Waals surface area contributed by atoms with Crippen molar-refractivity contribution in [2.45, 2.75) is 89.8 Å². The van der Waals surface area contributed by atoms with E-state index in [4.69, 9.17) is 19.4 Å². The monoisotopic (exact) mass is 975 g/mol. The van der Waals surface area contributed by atoms with Crippen LogP contribution in [0.25, 0.3) is 43.9 Å². The molecule has 0 unspecified atom stereocenters. The van der Waals surface area contributed by atoms with Gasteiger partial charge in [-0.25, -0.2) is 29.7 Å². The van der Waals surface area contributed by atoms with Crippen LogP contribution < -0.4 is 36.0 Å². The van der Waals surface area contributed by atoms with Crippen molar-refractivity contribution >= 4 is 84.9 Å². The molecule has 2 aliphatic carbocycles. The van der Waals surface area contributed by atoms with Crippen LogP contribution in [0, 0.1) is 0 Å². The first kappa shape index (κ1) is 46.8. The number of H-pyrrole nitrogens is 1. The van der Waals surface area contributed by atoms with Crippen molar-refractivity contribution in [2.24, 2.45) is 0 Å². The second-order valence-electron chi connectivity index (χ2n) is 20.1. The van der Waals surface area contributed by atoms with Gasteiger partial charge in [0.25, 0.3) is 0 Å². The molecule has 0 spiro atoms. The molecule has 0 radical (unpaired) electrons. The number of fused-ring (bicyclic) bond motifs is 6. The standard InChI is InChI=1S/C29H36N8O3.C23H26N8O/c1-29(2,3)40-28(38)36-13-11-35(12-14-36)20-9-10-24(30-16-20)33-27-32-17-22-21-15-25(39-4)31-18-23(21)37(26(22)34-27)19-7-5-6-8-19;32-21-11-17-18-13-27-23(28-20-6-5-16(12-25-20)30-9-7-24-8-10-30)29-22(18)31(19(17)14-26-21)15-3-1-2-4-15/h9-10,15-19H,5-8,11-14H2,1-4H3,(H,30,32,33,34);5-6,11-15,24H,1-4,7-10H2,(H,26,32)(H,25,27,28,29). The second kappa shape index (κ2) is 19.9. The summed E-state index contributed by atoms with van der Waals surface area (Å²) in [4.78, 5) is 66.1. The first-order chi connectivity index (χ1) is 35.0. The van der Waals surface area contributed by atoms with Gasteiger partial charge < -0.3 is 54.2 Å². The third-order valence-corrected chi connectivity index (χ3v) is 14.2. The summed E-state index contributed by atoms with van der Waals surface area (Å²) >= 11 is 0. The van der Waals surface area contributed by atoms with Gasteiger partial charge in [-0.05, 0) is 70.7 Å². The van der Waals surface area contributed by atoms with Gasteiger partial charge in [-0.2, -0.15) is 9.97 Å². The highest BCUT2D eigenvalue weighted by Crippen LogP contribution is 2.40. The molecule has 8 aromatic rings. The lowest BCUT2D eigenvalue weighted by atomic mass is 10.2. The van der Waals surface area contributed by atoms with Crippen molar-refractivity contribution in [3.63, 3.8) is 0 Å². The number of nitrogens with one attached hydrogen (secondary N) is 4. The SMILES string of the molecule is COc1cc2c3cnc(Nc4ccc(N5CCN(C(=O)OC(C)(C)C)CC5)cn4)nc3n(C3CCCC3)c2cn1.O=c1cc2c3cnc(Nc4ccc(N5CCNCC5)cn4)nc3n(C3CCCC3)c2c[nH]1. The number of amides is 1. The largest absolute Gasteiger partial charge is 0.481 e. The summed E-state index contributed by atoms with van der Waals surface area (Å²) < 4.78 is 15.5. The molecular formula is C52H62N16O4. The van der Waals surface area contributed by atoms with Crippen LogP contribution in [-0.4, -0.2) is 125 Å². The van der Waals surface area contributed by atoms with Gasteiger partial charge in [0.15, 0.2) is 0 Å². The molecule has 2 saturated heterocycles. The lowest BCUT2D eigenvalue weighted by Crippen LogP contribution is -2.50. The number of ether oxygens (including phenoxy) is 2. The summed E-state index contributed by atoms with van der Waals surface area (Å²) in [5, 5.41) is 13.8. The number of rotatable bonds is 9. The first-order valence-corrected chi connectivity index (χ1v) is 25.3. The number of carbonyl (C=O) groups excluding carboxylic acids is 1. The number of aromatic amines is 1. The molecule has 0 aromatic carbocycles. The van der Waals surface area contributed by atoms with Crippen LogP contribution in [0.3, 0.4) is 0 Å². The quantitative estimate of drug-likeness (QED) is 0.107. The molecule has 0 atom stereocenters. The molecule has 4 fully saturated rings. The number of hydrogen-bond acceptors (Lipinski definition) is 16. The molecule has 10 heterocycles. The van der Waals surface area contributed by atoms with Crippen molar-refractivity contribution < 1.29 is 14.3 Å². The van der Waals surface area contributed by atoms with Crippen LogP contribution in [0.2, 0.25) is 0 Å². The Balaban J connectivity index is 0.000000159. The molecule has 2 saturated carbocycles. The van der Waals surface area contributed by atoms with Gasteiger partial charge in [-0.1, -0.05) is 25.7 Å².